The van der Waals surface area contributed by atoms with E-state index in [1.807, 2.05) is 40.9 Å². The van der Waals surface area contributed by atoms with Crippen molar-refractivity contribution < 1.29 is 0 Å². The third-order valence-corrected chi connectivity index (χ3v) is 5.67. The van der Waals surface area contributed by atoms with Gasteiger partial charge in [0.05, 0.1) is 22.6 Å². The largest absolute Gasteiger partial charge is 0.249 e. The van der Waals surface area contributed by atoms with Crippen LogP contribution < -0.4 is 0 Å². The van der Waals surface area contributed by atoms with Crippen molar-refractivity contribution in [1.29, 1.82) is 0 Å². The molecule has 0 unspecified atom stereocenters. The molecule has 1 aliphatic rings. The highest BCUT2D eigenvalue weighted by Crippen LogP contribution is 2.33. The van der Waals surface area contributed by atoms with Gasteiger partial charge in [0, 0.05) is 11.1 Å². The molecule has 2 aromatic carbocycles. The zero-order valence-corrected chi connectivity index (χ0v) is 15.9. The highest BCUT2D eigenvalue weighted by molar-refractivity contribution is 6.00. The van der Waals surface area contributed by atoms with E-state index in [0.717, 1.165) is 63.3 Å². The maximum absolute atomic E-state index is 5.07. The zero-order valence-electron chi connectivity index (χ0n) is 15.9. The van der Waals surface area contributed by atoms with Crippen molar-refractivity contribution >= 4 is 16.6 Å². The summed E-state index contributed by atoms with van der Waals surface area (Å²) in [5.74, 6) is 0. The van der Waals surface area contributed by atoms with Gasteiger partial charge in [-0.05, 0) is 31.7 Å². The molecule has 0 bridgehead atoms. The van der Waals surface area contributed by atoms with Crippen molar-refractivity contribution in [2.45, 2.75) is 25.7 Å². The molecule has 1 aliphatic carbocycles. The van der Waals surface area contributed by atoms with Gasteiger partial charge in [0.15, 0.2) is 0 Å². The Kier molecular flexibility index (Phi) is 3.66. The number of nitrogens with zero attached hydrogens (tertiary/aromatic N) is 5. The van der Waals surface area contributed by atoms with Crippen LogP contribution in [0.2, 0.25) is 0 Å². The summed E-state index contributed by atoms with van der Waals surface area (Å²) in [6, 6.07) is 22.6. The van der Waals surface area contributed by atoms with E-state index < -0.39 is 0 Å². The molecule has 0 spiro atoms. The molecule has 0 N–H and O–H groups in total. The summed E-state index contributed by atoms with van der Waals surface area (Å²) in [5, 5.41) is 9.09. The molecule has 5 nitrogen and oxygen atoms in total. The van der Waals surface area contributed by atoms with Crippen LogP contribution >= 0.6 is 0 Å². The number of rotatable bonds is 2. The van der Waals surface area contributed by atoms with Crippen molar-refractivity contribution in [3.63, 3.8) is 0 Å². The molecule has 0 saturated heterocycles. The lowest BCUT2D eigenvalue weighted by atomic mass is 10.00. The summed E-state index contributed by atoms with van der Waals surface area (Å²) < 4.78 is 1.92. The molecule has 3 aromatic heterocycles. The minimum atomic E-state index is 0.846. The fourth-order valence-corrected chi connectivity index (χ4v) is 4.24. The van der Waals surface area contributed by atoms with E-state index in [-0.39, 0.29) is 0 Å². The van der Waals surface area contributed by atoms with Gasteiger partial charge in [-0.25, -0.2) is 14.5 Å². The molecule has 0 aliphatic heterocycles. The topological polar surface area (TPSA) is 56.0 Å². The van der Waals surface area contributed by atoms with Crippen LogP contribution in [0.3, 0.4) is 0 Å². The van der Waals surface area contributed by atoms with Crippen molar-refractivity contribution in [2.75, 3.05) is 0 Å². The Labute approximate surface area is 168 Å². The summed E-state index contributed by atoms with van der Waals surface area (Å²) in [6.07, 6.45) is 4.36. The minimum Gasteiger partial charge on any atom is -0.249 e. The van der Waals surface area contributed by atoms with Crippen LogP contribution in [0.15, 0.2) is 66.7 Å². The molecule has 5 aromatic rings. The van der Waals surface area contributed by atoms with Gasteiger partial charge in [-0.2, -0.15) is 0 Å². The number of aryl methyl sites for hydroxylation is 2. The first-order chi connectivity index (χ1) is 14.4. The molecule has 0 fully saturated rings. The normalized spacial score (nSPS) is 13.7. The fourth-order valence-electron chi connectivity index (χ4n) is 4.24. The summed E-state index contributed by atoms with van der Waals surface area (Å²) >= 11 is 0. The van der Waals surface area contributed by atoms with Crippen molar-refractivity contribution in [3.8, 4) is 22.5 Å². The smallest absolute Gasteiger partial charge is 0.123 e. The molecule has 29 heavy (non-hydrogen) atoms. The summed E-state index contributed by atoms with van der Waals surface area (Å²) in [5.41, 5.74) is 8.93. The second-order valence-corrected chi connectivity index (χ2v) is 7.52. The van der Waals surface area contributed by atoms with E-state index in [4.69, 9.17) is 9.97 Å². The maximum Gasteiger partial charge on any atom is 0.123 e. The second kappa shape index (κ2) is 6.48. The molecule has 140 valence electrons. The van der Waals surface area contributed by atoms with Crippen LogP contribution in [-0.2, 0) is 12.8 Å². The number of hydrogen-bond acceptors (Lipinski definition) is 4. The van der Waals surface area contributed by atoms with Gasteiger partial charge in [-0.15, -0.1) is 5.10 Å². The van der Waals surface area contributed by atoms with Crippen LogP contribution in [-0.4, -0.2) is 24.8 Å². The first-order valence-electron chi connectivity index (χ1n) is 10.1. The third-order valence-electron chi connectivity index (χ3n) is 5.67. The van der Waals surface area contributed by atoms with Crippen LogP contribution in [0.5, 0.6) is 0 Å². The van der Waals surface area contributed by atoms with E-state index in [1.165, 1.54) is 12.8 Å². The number of aromatic nitrogens is 5. The maximum atomic E-state index is 5.07. The van der Waals surface area contributed by atoms with Crippen molar-refractivity contribution in [1.82, 2.24) is 24.8 Å². The average molecular weight is 377 g/mol. The molecule has 0 amide bonds. The lowest BCUT2D eigenvalue weighted by Gasteiger charge is -2.16. The fraction of sp³-hybridized carbons (Fsp3) is 0.167. The first-order valence-corrected chi connectivity index (χ1v) is 10.1. The molecule has 0 saturated carbocycles. The second-order valence-electron chi connectivity index (χ2n) is 7.52. The molecule has 3 heterocycles. The Morgan fingerprint density at radius 2 is 1.38 bits per heavy atom. The SMILES string of the molecule is c1ccc(-c2nnn3c(-c4ccccc4)cc4nc5c(nc4c23)CCCC5)cc1. The Morgan fingerprint density at radius 1 is 0.724 bits per heavy atom. The Bertz CT molecular complexity index is 1340. The standard InChI is InChI=1S/C24H19N5/c1-3-9-16(10-4-1)21-15-20-23(26-19-14-8-7-13-18(19)25-20)24-22(27-28-29(21)24)17-11-5-2-6-12-17/h1-6,9-12,15H,7-8,13-14H2. The van der Waals surface area contributed by atoms with Gasteiger partial charge < -0.3 is 0 Å². The minimum absolute atomic E-state index is 0.846. The predicted molar refractivity (Wildman–Crippen MR) is 114 cm³/mol. The van der Waals surface area contributed by atoms with E-state index in [9.17, 15) is 0 Å². The highest BCUT2D eigenvalue weighted by atomic mass is 15.4. The third kappa shape index (κ3) is 2.62. The lowest BCUT2D eigenvalue weighted by Crippen LogP contribution is -2.09. The van der Waals surface area contributed by atoms with E-state index in [0.29, 0.717) is 0 Å². The van der Waals surface area contributed by atoms with Crippen LogP contribution in [0, 0.1) is 0 Å². The number of fused-ring (bicyclic) bond motifs is 4. The number of pyridine rings is 1. The van der Waals surface area contributed by atoms with Crippen LogP contribution in [0.25, 0.3) is 39.1 Å². The molecule has 6 rings (SSSR count). The summed E-state index contributed by atoms with van der Waals surface area (Å²) in [4.78, 5) is 10.1. The highest BCUT2D eigenvalue weighted by Gasteiger charge is 2.21. The summed E-state index contributed by atoms with van der Waals surface area (Å²) in [7, 11) is 0. The van der Waals surface area contributed by atoms with Gasteiger partial charge in [0.25, 0.3) is 0 Å². The zero-order chi connectivity index (χ0) is 19.2. The Balaban J connectivity index is 1.74. The van der Waals surface area contributed by atoms with Gasteiger partial charge in [-0.1, -0.05) is 65.9 Å². The van der Waals surface area contributed by atoms with Gasteiger partial charge >= 0.3 is 0 Å². The average Bonchev–Trinajstić information content (AvgIpc) is 3.24. The van der Waals surface area contributed by atoms with E-state index in [2.05, 4.69) is 40.6 Å². The van der Waals surface area contributed by atoms with Crippen LogP contribution in [0.4, 0.5) is 0 Å². The number of hydrogen-bond donors (Lipinski definition) is 0. The first kappa shape index (κ1) is 16.4. The molecular weight excluding hydrogens is 358 g/mol. The van der Waals surface area contributed by atoms with Gasteiger partial charge in [0.1, 0.15) is 16.7 Å². The Hall–Kier alpha value is -3.60. The number of benzene rings is 2. The van der Waals surface area contributed by atoms with E-state index in [1.54, 1.807) is 0 Å². The molecule has 0 radical (unpaired) electrons. The van der Waals surface area contributed by atoms with Gasteiger partial charge in [0.2, 0.25) is 0 Å². The predicted octanol–water partition coefficient (Wildman–Crippen LogP) is 4.89. The molecule has 0 atom stereocenters. The summed E-state index contributed by atoms with van der Waals surface area (Å²) in [6.45, 7) is 0. The Morgan fingerprint density at radius 3 is 2.10 bits per heavy atom. The van der Waals surface area contributed by atoms with Crippen LogP contribution in [0.1, 0.15) is 24.2 Å². The molecular formula is C24H19N5. The monoisotopic (exact) mass is 377 g/mol. The van der Waals surface area contributed by atoms with Gasteiger partial charge in [-0.3, -0.25) is 0 Å². The van der Waals surface area contributed by atoms with Crippen molar-refractivity contribution in [2.24, 2.45) is 0 Å². The lowest BCUT2D eigenvalue weighted by molar-refractivity contribution is 0.655. The molecule has 5 heteroatoms. The van der Waals surface area contributed by atoms with Crippen molar-refractivity contribution in [3.05, 3.63) is 78.1 Å². The van der Waals surface area contributed by atoms with E-state index >= 15 is 0 Å². The quantitative estimate of drug-likeness (QED) is 0.440.